The predicted octanol–water partition coefficient (Wildman–Crippen LogP) is 3.08. The summed E-state index contributed by atoms with van der Waals surface area (Å²) in [5.41, 5.74) is 1.46. The van der Waals surface area contributed by atoms with Crippen molar-refractivity contribution in [3.05, 3.63) is 51.3 Å². The number of aryl methyl sites for hydroxylation is 2. The Labute approximate surface area is 174 Å². The van der Waals surface area contributed by atoms with Crippen LogP contribution in [0, 0.1) is 10.5 Å². The van der Waals surface area contributed by atoms with Crippen LogP contribution in [0.5, 0.6) is 0 Å². The van der Waals surface area contributed by atoms with E-state index in [2.05, 4.69) is 42.7 Å². The summed E-state index contributed by atoms with van der Waals surface area (Å²) in [6.07, 6.45) is 3.67. The summed E-state index contributed by atoms with van der Waals surface area (Å²) in [4.78, 5) is 16.1. The van der Waals surface area contributed by atoms with Gasteiger partial charge in [0.2, 0.25) is 5.91 Å². The molecule has 2 aromatic heterocycles. The van der Waals surface area contributed by atoms with E-state index in [0.717, 1.165) is 9.26 Å². The first-order chi connectivity index (χ1) is 12.8. The number of thiazole rings is 1. The lowest BCUT2D eigenvalue weighted by Crippen LogP contribution is -2.15. The fraction of sp³-hybridized carbons (Fsp3) is 0.188. The molecule has 27 heavy (non-hydrogen) atoms. The summed E-state index contributed by atoms with van der Waals surface area (Å²) in [7, 11) is -3.70. The number of nitrogens with zero attached hydrogens (tertiary/aromatic N) is 3. The zero-order valence-corrected chi connectivity index (χ0v) is 18.0. The van der Waals surface area contributed by atoms with Crippen molar-refractivity contribution < 1.29 is 13.2 Å². The highest BCUT2D eigenvalue weighted by molar-refractivity contribution is 14.1. The van der Waals surface area contributed by atoms with Gasteiger partial charge in [-0.2, -0.15) is 5.10 Å². The van der Waals surface area contributed by atoms with Crippen molar-refractivity contribution in [3.8, 4) is 0 Å². The van der Waals surface area contributed by atoms with Crippen molar-refractivity contribution in [3.63, 3.8) is 0 Å². The molecule has 3 aromatic rings. The van der Waals surface area contributed by atoms with Gasteiger partial charge in [0.1, 0.15) is 0 Å². The number of anilines is 2. The van der Waals surface area contributed by atoms with E-state index in [9.17, 15) is 13.2 Å². The van der Waals surface area contributed by atoms with Crippen molar-refractivity contribution in [2.45, 2.75) is 24.8 Å². The van der Waals surface area contributed by atoms with Crippen molar-refractivity contribution in [2.24, 2.45) is 0 Å². The molecular formula is C16H16IN5O3S2. The number of nitrogens with one attached hydrogen (secondary N) is 2. The zero-order valence-electron chi connectivity index (χ0n) is 14.2. The van der Waals surface area contributed by atoms with E-state index >= 15 is 0 Å². The summed E-state index contributed by atoms with van der Waals surface area (Å²) in [5.74, 6) is -0.172. The van der Waals surface area contributed by atoms with Crippen LogP contribution in [0.15, 0.2) is 46.9 Å². The van der Waals surface area contributed by atoms with Crippen LogP contribution < -0.4 is 10.0 Å². The number of carbonyl (C=O) groups is 1. The third-order valence-corrected chi connectivity index (χ3v) is 6.79. The number of hydrogen-bond donors (Lipinski definition) is 2. The molecule has 0 aliphatic rings. The van der Waals surface area contributed by atoms with E-state index in [1.807, 2.05) is 13.1 Å². The van der Waals surface area contributed by atoms with Gasteiger partial charge in [0, 0.05) is 36.4 Å². The van der Waals surface area contributed by atoms with Gasteiger partial charge >= 0.3 is 0 Å². The molecule has 0 unspecified atom stereocenters. The summed E-state index contributed by atoms with van der Waals surface area (Å²) in [6.45, 7) is 2.39. The maximum Gasteiger partial charge on any atom is 0.263 e. The number of benzene rings is 1. The Bertz CT molecular complexity index is 1010. The average Bonchev–Trinajstić information content (AvgIpc) is 3.23. The molecule has 11 heteroatoms. The van der Waals surface area contributed by atoms with E-state index in [0.29, 0.717) is 17.4 Å². The molecule has 3 rings (SSSR count). The quantitative estimate of drug-likeness (QED) is 0.469. The second-order valence-corrected chi connectivity index (χ2v) is 9.33. The Morgan fingerprint density at radius 3 is 2.63 bits per heavy atom. The molecule has 0 saturated heterocycles. The highest BCUT2D eigenvalue weighted by Gasteiger charge is 2.15. The molecule has 2 heterocycles. The van der Waals surface area contributed by atoms with Crippen molar-refractivity contribution in [2.75, 3.05) is 10.0 Å². The standard InChI is InChI=1S/C16H16IN5O3S2/c1-11-14(17)10-22(20-11)8-6-15(23)19-12-2-4-13(5-3-12)27(24,25)21-16-18-7-9-26-16/h2-5,7,9-10H,6,8H2,1H3,(H,18,21)(H,19,23). The van der Waals surface area contributed by atoms with Crippen molar-refractivity contribution >= 4 is 60.7 Å². The van der Waals surface area contributed by atoms with Gasteiger partial charge in [-0.05, 0) is 53.8 Å². The summed E-state index contributed by atoms with van der Waals surface area (Å²) < 4.78 is 29.7. The van der Waals surface area contributed by atoms with Crippen molar-refractivity contribution in [1.29, 1.82) is 0 Å². The van der Waals surface area contributed by atoms with Gasteiger partial charge in [-0.1, -0.05) is 0 Å². The number of aromatic nitrogens is 3. The molecule has 0 spiro atoms. The minimum atomic E-state index is -3.70. The molecule has 0 radical (unpaired) electrons. The lowest BCUT2D eigenvalue weighted by atomic mass is 10.3. The van der Waals surface area contributed by atoms with Crippen LogP contribution in [-0.4, -0.2) is 29.1 Å². The Hall–Kier alpha value is -1.99. The van der Waals surface area contributed by atoms with Crippen LogP contribution >= 0.6 is 33.9 Å². The number of halogens is 1. The number of amides is 1. The first kappa shape index (κ1) is 19.8. The van der Waals surface area contributed by atoms with Gasteiger partial charge in [-0.3, -0.25) is 14.2 Å². The molecule has 1 amide bonds. The monoisotopic (exact) mass is 517 g/mol. The first-order valence-electron chi connectivity index (χ1n) is 7.85. The fourth-order valence-electron chi connectivity index (χ4n) is 2.21. The Morgan fingerprint density at radius 2 is 2.04 bits per heavy atom. The minimum Gasteiger partial charge on any atom is -0.326 e. The molecule has 0 bridgehead atoms. The van der Waals surface area contributed by atoms with Gasteiger partial charge in [-0.15, -0.1) is 11.3 Å². The topological polar surface area (TPSA) is 106 Å². The highest BCUT2D eigenvalue weighted by Crippen LogP contribution is 2.19. The number of hydrogen-bond acceptors (Lipinski definition) is 6. The largest absolute Gasteiger partial charge is 0.326 e. The number of carbonyl (C=O) groups excluding carboxylic acids is 1. The third-order valence-electron chi connectivity index (χ3n) is 3.56. The van der Waals surface area contributed by atoms with E-state index in [4.69, 9.17) is 0 Å². The van der Waals surface area contributed by atoms with Crippen LogP contribution in [0.25, 0.3) is 0 Å². The molecule has 0 fully saturated rings. The van der Waals surface area contributed by atoms with Crippen LogP contribution in [0.2, 0.25) is 0 Å². The first-order valence-corrected chi connectivity index (χ1v) is 11.3. The molecule has 0 saturated carbocycles. The van der Waals surface area contributed by atoms with Gasteiger partial charge in [0.25, 0.3) is 10.0 Å². The molecule has 0 aliphatic heterocycles. The predicted molar refractivity (Wildman–Crippen MR) is 112 cm³/mol. The van der Waals surface area contributed by atoms with Gasteiger partial charge in [-0.25, -0.2) is 13.4 Å². The SMILES string of the molecule is Cc1nn(CCC(=O)Nc2ccc(S(=O)(=O)Nc3nccs3)cc2)cc1I. The number of sulfonamides is 1. The molecule has 0 aliphatic carbocycles. The number of rotatable bonds is 7. The summed E-state index contributed by atoms with van der Waals surface area (Å²) in [5, 5.41) is 9.04. The third kappa shape index (κ3) is 5.26. The van der Waals surface area contributed by atoms with E-state index in [1.165, 1.54) is 29.7 Å². The fourth-order valence-corrected chi connectivity index (χ4v) is 4.43. The normalized spacial score (nSPS) is 11.3. The smallest absolute Gasteiger partial charge is 0.263 e. The van der Waals surface area contributed by atoms with Crippen molar-refractivity contribution in [1.82, 2.24) is 14.8 Å². The molecule has 8 nitrogen and oxygen atoms in total. The minimum absolute atomic E-state index is 0.0947. The van der Waals surface area contributed by atoms with Gasteiger partial charge < -0.3 is 5.32 Å². The van der Waals surface area contributed by atoms with Crippen LogP contribution in [0.4, 0.5) is 10.8 Å². The molecule has 142 valence electrons. The Balaban J connectivity index is 1.57. The van der Waals surface area contributed by atoms with Crippen LogP contribution in [0.3, 0.4) is 0 Å². The second-order valence-electron chi connectivity index (χ2n) is 5.59. The lowest BCUT2D eigenvalue weighted by Gasteiger charge is -2.08. The maximum atomic E-state index is 12.3. The van der Waals surface area contributed by atoms with Gasteiger partial charge in [0.05, 0.1) is 14.2 Å². The molecule has 1 aromatic carbocycles. The average molecular weight is 517 g/mol. The summed E-state index contributed by atoms with van der Waals surface area (Å²) in [6, 6.07) is 5.97. The molecule has 2 N–H and O–H groups in total. The van der Waals surface area contributed by atoms with Gasteiger partial charge in [0.15, 0.2) is 5.13 Å². The zero-order chi connectivity index (χ0) is 19.4. The maximum absolute atomic E-state index is 12.3. The van der Waals surface area contributed by atoms with E-state index in [1.54, 1.807) is 22.2 Å². The lowest BCUT2D eigenvalue weighted by molar-refractivity contribution is -0.116. The van der Waals surface area contributed by atoms with E-state index < -0.39 is 10.0 Å². The Kier molecular flexibility index (Phi) is 6.11. The molecular weight excluding hydrogens is 501 g/mol. The van der Waals surface area contributed by atoms with Crippen LogP contribution in [0.1, 0.15) is 12.1 Å². The Morgan fingerprint density at radius 1 is 1.30 bits per heavy atom. The van der Waals surface area contributed by atoms with Crippen LogP contribution in [-0.2, 0) is 21.4 Å². The highest BCUT2D eigenvalue weighted by atomic mass is 127. The molecule has 0 atom stereocenters. The van der Waals surface area contributed by atoms with E-state index in [-0.39, 0.29) is 17.2 Å². The summed E-state index contributed by atoms with van der Waals surface area (Å²) >= 11 is 3.39. The second kappa shape index (κ2) is 8.35.